The summed E-state index contributed by atoms with van der Waals surface area (Å²) < 4.78 is 117. The molecular weight excluding hydrogens is 355 g/mol. The SMILES string of the molecule is [O]C1c2ccccc2CCC1C(F)(F)C(F)(F)C(F)(F)C(F)(F)F. The van der Waals surface area contributed by atoms with Gasteiger partial charge in [-0.25, -0.2) is 5.11 Å². The van der Waals surface area contributed by atoms with Crippen LogP contribution in [0.4, 0.5) is 39.5 Å². The van der Waals surface area contributed by atoms with Gasteiger partial charge in [-0.3, -0.25) is 0 Å². The molecule has 2 atom stereocenters. The lowest BCUT2D eigenvalue weighted by Gasteiger charge is -2.40. The van der Waals surface area contributed by atoms with Crippen molar-refractivity contribution >= 4 is 0 Å². The van der Waals surface area contributed by atoms with Crippen molar-refractivity contribution in [3.63, 3.8) is 0 Å². The summed E-state index contributed by atoms with van der Waals surface area (Å²) in [6.45, 7) is 0. The smallest absolute Gasteiger partial charge is 0.227 e. The minimum atomic E-state index is -6.97. The van der Waals surface area contributed by atoms with E-state index in [1.165, 1.54) is 18.2 Å². The van der Waals surface area contributed by atoms with E-state index in [4.69, 9.17) is 0 Å². The van der Waals surface area contributed by atoms with Crippen LogP contribution in [0.15, 0.2) is 24.3 Å². The van der Waals surface area contributed by atoms with Crippen molar-refractivity contribution in [1.82, 2.24) is 0 Å². The van der Waals surface area contributed by atoms with Gasteiger partial charge in [-0.1, -0.05) is 24.3 Å². The molecule has 0 amide bonds. The maximum absolute atomic E-state index is 13.9. The summed E-state index contributed by atoms with van der Waals surface area (Å²) in [4.78, 5) is 0. The Morgan fingerprint density at radius 3 is 1.92 bits per heavy atom. The molecule has 0 saturated heterocycles. The number of fused-ring (bicyclic) bond motifs is 1. The second-order valence-corrected chi connectivity index (χ2v) is 5.53. The predicted octanol–water partition coefficient (Wildman–Crippen LogP) is 5.19. The lowest BCUT2D eigenvalue weighted by atomic mass is 9.75. The molecule has 2 rings (SSSR count). The number of aryl methyl sites for hydroxylation is 1. The molecule has 135 valence electrons. The third-order valence-corrected chi connectivity index (χ3v) is 4.09. The molecule has 0 saturated carbocycles. The Morgan fingerprint density at radius 2 is 1.38 bits per heavy atom. The molecular formula is C14H10F9O. The first-order chi connectivity index (χ1) is 10.7. The van der Waals surface area contributed by atoms with Gasteiger partial charge in [-0.15, -0.1) is 0 Å². The molecule has 1 radical (unpaired) electrons. The molecule has 0 bridgehead atoms. The Hall–Kier alpha value is -1.45. The van der Waals surface area contributed by atoms with E-state index in [2.05, 4.69) is 0 Å². The monoisotopic (exact) mass is 365 g/mol. The van der Waals surface area contributed by atoms with E-state index < -0.39 is 42.4 Å². The Morgan fingerprint density at radius 1 is 0.833 bits per heavy atom. The van der Waals surface area contributed by atoms with E-state index in [0.717, 1.165) is 6.07 Å². The highest BCUT2D eigenvalue weighted by Crippen LogP contribution is 2.58. The first-order valence-electron chi connectivity index (χ1n) is 6.69. The molecule has 1 nitrogen and oxygen atoms in total. The topological polar surface area (TPSA) is 19.9 Å². The van der Waals surface area contributed by atoms with Crippen molar-refractivity contribution < 1.29 is 44.6 Å². The molecule has 0 aromatic heterocycles. The van der Waals surface area contributed by atoms with Crippen molar-refractivity contribution in [2.75, 3.05) is 0 Å². The summed E-state index contributed by atoms with van der Waals surface area (Å²) in [5.74, 6) is -22.5. The van der Waals surface area contributed by atoms with Gasteiger partial charge in [0.1, 0.15) is 6.10 Å². The third-order valence-electron chi connectivity index (χ3n) is 4.09. The number of hydrogen-bond acceptors (Lipinski definition) is 0. The number of rotatable bonds is 3. The van der Waals surface area contributed by atoms with Crippen LogP contribution < -0.4 is 0 Å². The molecule has 0 N–H and O–H groups in total. The van der Waals surface area contributed by atoms with Gasteiger partial charge in [0.25, 0.3) is 0 Å². The van der Waals surface area contributed by atoms with Crippen LogP contribution in [0.5, 0.6) is 0 Å². The van der Waals surface area contributed by atoms with Gasteiger partial charge in [-0.2, -0.15) is 39.5 Å². The molecule has 1 aliphatic rings. The molecule has 0 aliphatic heterocycles. The van der Waals surface area contributed by atoms with Crippen molar-refractivity contribution in [2.45, 2.75) is 42.9 Å². The molecule has 0 spiro atoms. The van der Waals surface area contributed by atoms with Gasteiger partial charge in [0.05, 0.1) is 5.92 Å². The first-order valence-corrected chi connectivity index (χ1v) is 6.69. The highest BCUT2D eigenvalue weighted by atomic mass is 19.4. The Kier molecular flexibility index (Phi) is 4.35. The fraction of sp³-hybridized carbons (Fsp3) is 0.571. The quantitative estimate of drug-likeness (QED) is 0.657. The molecule has 2 unspecified atom stereocenters. The molecule has 10 heteroatoms. The third kappa shape index (κ3) is 2.55. The Bertz CT molecular complexity index is 609. The van der Waals surface area contributed by atoms with Crippen LogP contribution in [0.25, 0.3) is 0 Å². The summed E-state index contributed by atoms with van der Waals surface area (Å²) in [6, 6.07) is 5.15. The highest BCUT2D eigenvalue weighted by molar-refractivity contribution is 5.32. The summed E-state index contributed by atoms with van der Waals surface area (Å²) >= 11 is 0. The Labute approximate surface area is 130 Å². The van der Waals surface area contributed by atoms with Crippen LogP contribution in [0.1, 0.15) is 23.7 Å². The lowest BCUT2D eigenvalue weighted by molar-refractivity contribution is -0.407. The standard InChI is InChI=1S/C14H10F9O/c15-11(16,12(17,18)13(19,20)14(21,22)23)9-6-5-7-3-1-2-4-8(7)10(9)24/h1-4,9-10H,5-6H2. The zero-order valence-corrected chi connectivity index (χ0v) is 11.7. The van der Waals surface area contributed by atoms with E-state index in [-0.39, 0.29) is 17.5 Å². The van der Waals surface area contributed by atoms with E-state index >= 15 is 0 Å². The van der Waals surface area contributed by atoms with Crippen LogP contribution in [-0.2, 0) is 11.5 Å². The minimum absolute atomic E-state index is 0.274. The van der Waals surface area contributed by atoms with Crippen molar-refractivity contribution in [3.8, 4) is 0 Å². The maximum Gasteiger partial charge on any atom is 0.460 e. The van der Waals surface area contributed by atoms with E-state index in [1.54, 1.807) is 0 Å². The summed E-state index contributed by atoms with van der Waals surface area (Å²) in [5, 5.41) is 12.0. The number of hydrogen-bond donors (Lipinski definition) is 0. The average molecular weight is 365 g/mol. The molecule has 0 fully saturated rings. The van der Waals surface area contributed by atoms with Gasteiger partial charge < -0.3 is 0 Å². The first kappa shape index (κ1) is 18.9. The summed E-state index contributed by atoms with van der Waals surface area (Å²) in [7, 11) is 0. The second kappa shape index (κ2) is 5.53. The summed E-state index contributed by atoms with van der Waals surface area (Å²) in [5.41, 5.74) is -0.0324. The zero-order valence-electron chi connectivity index (χ0n) is 11.7. The molecule has 1 aromatic carbocycles. The molecule has 24 heavy (non-hydrogen) atoms. The second-order valence-electron chi connectivity index (χ2n) is 5.53. The van der Waals surface area contributed by atoms with E-state index in [1.807, 2.05) is 0 Å². The molecule has 1 aliphatic carbocycles. The van der Waals surface area contributed by atoms with E-state index in [0.29, 0.717) is 0 Å². The van der Waals surface area contributed by atoms with E-state index in [9.17, 15) is 44.6 Å². The number of benzene rings is 1. The van der Waals surface area contributed by atoms with Crippen LogP contribution in [0.3, 0.4) is 0 Å². The largest absolute Gasteiger partial charge is 0.460 e. The fourth-order valence-electron chi connectivity index (χ4n) is 2.71. The zero-order chi connectivity index (χ0) is 18.6. The minimum Gasteiger partial charge on any atom is -0.227 e. The van der Waals surface area contributed by atoms with Crippen LogP contribution in [0, 0.1) is 5.92 Å². The predicted molar refractivity (Wildman–Crippen MR) is 62.6 cm³/mol. The number of alkyl halides is 9. The molecule has 1 aromatic rings. The van der Waals surface area contributed by atoms with Gasteiger partial charge in [0, 0.05) is 0 Å². The fourth-order valence-corrected chi connectivity index (χ4v) is 2.71. The highest BCUT2D eigenvalue weighted by Gasteiger charge is 2.83. The van der Waals surface area contributed by atoms with Crippen molar-refractivity contribution in [2.24, 2.45) is 5.92 Å². The van der Waals surface area contributed by atoms with Crippen LogP contribution in [0.2, 0.25) is 0 Å². The van der Waals surface area contributed by atoms with Gasteiger partial charge in [-0.05, 0) is 24.0 Å². The van der Waals surface area contributed by atoms with Crippen LogP contribution in [-0.4, -0.2) is 23.9 Å². The van der Waals surface area contributed by atoms with Crippen molar-refractivity contribution in [3.05, 3.63) is 35.4 Å². The lowest BCUT2D eigenvalue weighted by Crippen LogP contribution is -2.63. The van der Waals surface area contributed by atoms with Gasteiger partial charge in [0.2, 0.25) is 0 Å². The van der Waals surface area contributed by atoms with Crippen LogP contribution >= 0.6 is 0 Å². The Balaban J connectivity index is 2.44. The average Bonchev–Trinajstić information content (AvgIpc) is 2.46. The van der Waals surface area contributed by atoms with Gasteiger partial charge >= 0.3 is 23.9 Å². The normalized spacial score (nSPS) is 23.1. The summed E-state index contributed by atoms with van der Waals surface area (Å²) in [6.07, 6.45) is -10.7. The number of halogens is 9. The molecule has 0 heterocycles. The maximum atomic E-state index is 13.9. The van der Waals surface area contributed by atoms with Crippen molar-refractivity contribution in [1.29, 1.82) is 0 Å². The van der Waals surface area contributed by atoms with Gasteiger partial charge in [0.15, 0.2) is 0 Å².